The number of rotatable bonds is 5. The van der Waals surface area contributed by atoms with Crippen molar-refractivity contribution in [3.63, 3.8) is 0 Å². The van der Waals surface area contributed by atoms with E-state index in [0.717, 1.165) is 0 Å². The van der Waals surface area contributed by atoms with Crippen LogP contribution in [0.2, 0.25) is 0 Å². The predicted octanol–water partition coefficient (Wildman–Crippen LogP) is 2.69. The van der Waals surface area contributed by atoms with Crippen LogP contribution < -0.4 is 15.4 Å². The molecule has 0 aliphatic carbocycles. The molecule has 116 valence electrons. The molecule has 5 nitrogen and oxygen atoms in total. The first-order valence-corrected chi connectivity index (χ1v) is 6.71. The Labute approximate surface area is 127 Å². The van der Waals surface area contributed by atoms with Gasteiger partial charge in [0.2, 0.25) is 0 Å². The molecule has 2 aromatic carbocycles. The number of hydrogen-bond acceptors (Lipinski definition) is 3. The maximum Gasteiger partial charge on any atom is 0.319 e. The topological polar surface area (TPSA) is 70.6 Å². The Kier molecular flexibility index (Phi) is 5.32. The fraction of sp³-hybridized carbons (Fsp3) is 0.188. The van der Waals surface area contributed by atoms with Crippen LogP contribution in [0.1, 0.15) is 11.7 Å². The van der Waals surface area contributed by atoms with E-state index in [0.29, 0.717) is 17.0 Å². The fourth-order valence-corrected chi connectivity index (χ4v) is 1.91. The van der Waals surface area contributed by atoms with Crippen LogP contribution in [0.3, 0.4) is 0 Å². The van der Waals surface area contributed by atoms with E-state index >= 15 is 0 Å². The van der Waals surface area contributed by atoms with E-state index in [1.54, 1.807) is 24.3 Å². The van der Waals surface area contributed by atoms with Crippen molar-refractivity contribution < 1.29 is 19.0 Å². The summed E-state index contributed by atoms with van der Waals surface area (Å²) in [6.45, 7) is 0.00656. The molecule has 0 radical (unpaired) electrons. The van der Waals surface area contributed by atoms with E-state index < -0.39 is 12.1 Å². The van der Waals surface area contributed by atoms with E-state index in [2.05, 4.69) is 10.6 Å². The van der Waals surface area contributed by atoms with Gasteiger partial charge >= 0.3 is 6.03 Å². The molecule has 3 N–H and O–H groups in total. The van der Waals surface area contributed by atoms with Gasteiger partial charge in [-0.15, -0.1) is 0 Å². The van der Waals surface area contributed by atoms with Crippen LogP contribution in [-0.4, -0.2) is 24.8 Å². The van der Waals surface area contributed by atoms with E-state index in [9.17, 15) is 14.3 Å². The molecule has 0 fully saturated rings. The van der Waals surface area contributed by atoms with Gasteiger partial charge in [0.25, 0.3) is 0 Å². The molecule has 0 heterocycles. The summed E-state index contributed by atoms with van der Waals surface area (Å²) in [7, 11) is 1.51. The molecule has 0 unspecified atom stereocenters. The Hall–Kier alpha value is -2.60. The van der Waals surface area contributed by atoms with Crippen LogP contribution in [0.25, 0.3) is 0 Å². The lowest BCUT2D eigenvalue weighted by Crippen LogP contribution is -2.32. The molecule has 0 aliphatic heterocycles. The highest BCUT2D eigenvalue weighted by molar-refractivity contribution is 5.90. The number of benzene rings is 2. The summed E-state index contributed by atoms with van der Waals surface area (Å²) in [5, 5.41) is 15.1. The quantitative estimate of drug-likeness (QED) is 0.795. The largest absolute Gasteiger partial charge is 0.495 e. The normalized spacial score (nSPS) is 11.6. The fourth-order valence-electron chi connectivity index (χ4n) is 1.91. The van der Waals surface area contributed by atoms with Gasteiger partial charge in [-0.1, -0.05) is 24.3 Å². The SMILES string of the molecule is COc1ccccc1NC(=O)NC[C@H](O)c1ccc(F)cc1. The number of carbonyl (C=O) groups is 1. The second kappa shape index (κ2) is 7.42. The molecule has 2 amide bonds. The van der Waals surface area contributed by atoms with Crippen LogP contribution in [0.15, 0.2) is 48.5 Å². The number of hydrogen-bond donors (Lipinski definition) is 3. The number of amides is 2. The van der Waals surface area contributed by atoms with Crippen LogP contribution in [-0.2, 0) is 0 Å². The van der Waals surface area contributed by atoms with Gasteiger partial charge in [-0.25, -0.2) is 9.18 Å². The summed E-state index contributed by atoms with van der Waals surface area (Å²) in [4.78, 5) is 11.8. The molecule has 0 spiro atoms. The number of carbonyl (C=O) groups excluding carboxylic acids is 1. The van der Waals surface area contributed by atoms with Crippen molar-refractivity contribution in [1.29, 1.82) is 0 Å². The summed E-state index contributed by atoms with van der Waals surface area (Å²) in [5.41, 5.74) is 1.05. The Morgan fingerprint density at radius 2 is 1.91 bits per heavy atom. The van der Waals surface area contributed by atoms with Gasteiger partial charge in [0.05, 0.1) is 18.9 Å². The lowest BCUT2D eigenvalue weighted by atomic mass is 10.1. The standard InChI is InChI=1S/C16H17FN2O3/c1-22-15-5-3-2-4-13(15)19-16(21)18-10-14(20)11-6-8-12(17)9-7-11/h2-9,14,20H,10H2,1H3,(H2,18,19,21)/t14-/m0/s1. The van der Waals surface area contributed by atoms with Gasteiger partial charge < -0.3 is 20.5 Å². The number of halogens is 1. The first-order valence-electron chi connectivity index (χ1n) is 6.71. The van der Waals surface area contributed by atoms with Crippen LogP contribution >= 0.6 is 0 Å². The number of urea groups is 1. The van der Waals surface area contributed by atoms with Crippen molar-refractivity contribution >= 4 is 11.7 Å². The van der Waals surface area contributed by atoms with Gasteiger partial charge in [-0.05, 0) is 29.8 Å². The minimum absolute atomic E-state index is 0.00656. The number of nitrogens with one attached hydrogen (secondary N) is 2. The van der Waals surface area contributed by atoms with Crippen molar-refractivity contribution in [2.45, 2.75) is 6.10 Å². The number of para-hydroxylation sites is 2. The number of aliphatic hydroxyl groups is 1. The Bertz CT molecular complexity index is 632. The third-order valence-corrected chi connectivity index (χ3v) is 3.07. The third-order valence-electron chi connectivity index (χ3n) is 3.07. The summed E-state index contributed by atoms with van der Waals surface area (Å²) in [6.07, 6.45) is -0.913. The first kappa shape index (κ1) is 15.8. The highest BCUT2D eigenvalue weighted by Crippen LogP contribution is 2.22. The van der Waals surface area contributed by atoms with E-state index in [1.807, 2.05) is 0 Å². The Morgan fingerprint density at radius 1 is 1.23 bits per heavy atom. The highest BCUT2D eigenvalue weighted by atomic mass is 19.1. The molecular formula is C16H17FN2O3. The highest BCUT2D eigenvalue weighted by Gasteiger charge is 2.11. The van der Waals surface area contributed by atoms with E-state index in [1.165, 1.54) is 31.4 Å². The summed E-state index contributed by atoms with van der Waals surface area (Å²) in [5.74, 6) is 0.162. The third kappa shape index (κ3) is 4.20. The van der Waals surface area contributed by atoms with Crippen molar-refractivity contribution in [2.75, 3.05) is 19.0 Å². The second-order valence-electron chi connectivity index (χ2n) is 4.60. The average molecular weight is 304 g/mol. The average Bonchev–Trinajstić information content (AvgIpc) is 2.54. The molecule has 1 atom stereocenters. The zero-order chi connectivity index (χ0) is 15.9. The summed E-state index contributed by atoms with van der Waals surface area (Å²) < 4.78 is 17.9. The van der Waals surface area contributed by atoms with Crippen LogP contribution in [0, 0.1) is 5.82 Å². The zero-order valence-corrected chi connectivity index (χ0v) is 12.0. The van der Waals surface area contributed by atoms with E-state index in [4.69, 9.17) is 4.74 Å². The first-order chi connectivity index (χ1) is 10.6. The molecule has 22 heavy (non-hydrogen) atoms. The van der Waals surface area contributed by atoms with Gasteiger partial charge in [0.15, 0.2) is 0 Å². The van der Waals surface area contributed by atoms with Crippen molar-refractivity contribution in [3.8, 4) is 5.75 Å². The minimum Gasteiger partial charge on any atom is -0.495 e. The molecule has 0 aromatic heterocycles. The Morgan fingerprint density at radius 3 is 2.59 bits per heavy atom. The molecule has 0 saturated carbocycles. The molecule has 2 aromatic rings. The minimum atomic E-state index is -0.913. The number of methoxy groups -OCH3 is 1. The Balaban J connectivity index is 1.88. The van der Waals surface area contributed by atoms with Crippen molar-refractivity contribution in [2.24, 2.45) is 0 Å². The molecule has 0 saturated heterocycles. The lowest BCUT2D eigenvalue weighted by molar-refractivity contribution is 0.175. The monoisotopic (exact) mass is 304 g/mol. The molecular weight excluding hydrogens is 287 g/mol. The van der Waals surface area contributed by atoms with Crippen LogP contribution in [0.5, 0.6) is 5.75 Å². The number of aliphatic hydroxyl groups excluding tert-OH is 1. The smallest absolute Gasteiger partial charge is 0.319 e. The number of anilines is 1. The van der Waals surface area contributed by atoms with Gasteiger partial charge in [0, 0.05) is 6.54 Å². The summed E-state index contributed by atoms with van der Waals surface area (Å²) in [6, 6.07) is 12.0. The van der Waals surface area contributed by atoms with E-state index in [-0.39, 0.29) is 12.4 Å². The second-order valence-corrected chi connectivity index (χ2v) is 4.60. The molecule has 0 aliphatic rings. The number of ether oxygens (including phenoxy) is 1. The van der Waals surface area contributed by atoms with Crippen molar-refractivity contribution in [1.82, 2.24) is 5.32 Å². The summed E-state index contributed by atoms with van der Waals surface area (Å²) >= 11 is 0. The van der Waals surface area contributed by atoms with Crippen molar-refractivity contribution in [3.05, 3.63) is 59.9 Å². The van der Waals surface area contributed by atoms with Crippen LogP contribution in [0.4, 0.5) is 14.9 Å². The lowest BCUT2D eigenvalue weighted by Gasteiger charge is -2.14. The maximum atomic E-state index is 12.8. The molecule has 6 heteroatoms. The van der Waals surface area contributed by atoms with Gasteiger partial charge in [-0.2, -0.15) is 0 Å². The van der Waals surface area contributed by atoms with Gasteiger partial charge in [0.1, 0.15) is 11.6 Å². The van der Waals surface area contributed by atoms with Gasteiger partial charge in [-0.3, -0.25) is 0 Å². The zero-order valence-electron chi connectivity index (χ0n) is 12.0. The predicted molar refractivity (Wildman–Crippen MR) is 81.4 cm³/mol. The molecule has 0 bridgehead atoms. The molecule has 2 rings (SSSR count). The maximum absolute atomic E-state index is 12.8.